The lowest BCUT2D eigenvalue weighted by molar-refractivity contribution is 0.0600. The zero-order valence-corrected chi connectivity index (χ0v) is 12.8. The van der Waals surface area contributed by atoms with E-state index in [1.165, 1.54) is 14.2 Å². The van der Waals surface area contributed by atoms with E-state index in [4.69, 9.17) is 10.5 Å². The average molecular weight is 295 g/mol. The van der Waals surface area contributed by atoms with Gasteiger partial charge >= 0.3 is 5.97 Å². The van der Waals surface area contributed by atoms with E-state index in [-0.39, 0.29) is 6.23 Å². The molecule has 2 unspecified atom stereocenters. The molecule has 0 amide bonds. The number of ether oxygens (including phenoxy) is 2. The van der Waals surface area contributed by atoms with Gasteiger partial charge in [0.25, 0.3) is 0 Å². The molecule has 1 aromatic rings. The fraction of sp³-hybridized carbons (Fsp3) is 0.357. The van der Waals surface area contributed by atoms with Crippen molar-refractivity contribution in [3.8, 4) is 11.5 Å². The number of halogens is 1. The summed E-state index contributed by atoms with van der Waals surface area (Å²) in [6, 6.07) is 6.76. The third-order valence-electron chi connectivity index (χ3n) is 2.87. The summed E-state index contributed by atoms with van der Waals surface area (Å²) < 4.78 is 23.2. The Labute approximate surface area is 119 Å². The van der Waals surface area contributed by atoms with Gasteiger partial charge in [0.15, 0.2) is 0 Å². The summed E-state index contributed by atoms with van der Waals surface area (Å²) in [7, 11) is 0.0815. The lowest BCUT2D eigenvalue weighted by Gasteiger charge is -2.20. The summed E-state index contributed by atoms with van der Waals surface area (Å²) >= 11 is 0. The van der Waals surface area contributed by atoms with E-state index in [2.05, 4.69) is 16.2 Å². The van der Waals surface area contributed by atoms with Crippen molar-refractivity contribution in [3.05, 3.63) is 35.4 Å². The minimum atomic E-state index is -2.70. The first-order valence-corrected chi connectivity index (χ1v) is 8.82. The molecular weight excluding hydrogens is 277 g/mol. The van der Waals surface area contributed by atoms with Gasteiger partial charge in [-0.25, -0.2) is 9.18 Å². The number of esters is 1. The van der Waals surface area contributed by atoms with Crippen LogP contribution in [0.2, 0.25) is 6.55 Å². The lowest BCUT2D eigenvalue weighted by atomic mass is 10.1. The third-order valence-corrected chi connectivity index (χ3v) is 5.67. The molecule has 0 aliphatic rings. The van der Waals surface area contributed by atoms with Gasteiger partial charge in [0.1, 0.15) is 5.92 Å². The Kier molecular flexibility index (Phi) is 5.89. The molecule has 20 heavy (non-hydrogen) atoms. The molecule has 0 radical (unpaired) electrons. The molecule has 0 saturated heterocycles. The molecule has 0 heterocycles. The summed E-state index contributed by atoms with van der Waals surface area (Å²) in [6.07, 6.45) is 0.193. The van der Waals surface area contributed by atoms with Crippen LogP contribution in [-0.2, 0) is 9.47 Å². The number of alkyl halides is 1. The van der Waals surface area contributed by atoms with Crippen LogP contribution in [0, 0.1) is 11.5 Å². The van der Waals surface area contributed by atoms with Crippen molar-refractivity contribution in [2.24, 2.45) is 5.73 Å². The van der Waals surface area contributed by atoms with Gasteiger partial charge in [-0.3, -0.25) is 0 Å². The monoisotopic (exact) mass is 295 g/mol. The Balaban J connectivity index is 3.16. The van der Waals surface area contributed by atoms with Crippen molar-refractivity contribution < 1.29 is 18.7 Å². The quantitative estimate of drug-likeness (QED) is 0.395. The standard InChI is InChI=1S/C14H18FNO3Si/c1-18-10-20(3,14(15)16)9-8-11-6-4-5-7-12(11)13(17)19-2/h4-7,14H,10,16H2,1-3H3. The van der Waals surface area contributed by atoms with Gasteiger partial charge in [-0.2, -0.15) is 0 Å². The van der Waals surface area contributed by atoms with Gasteiger partial charge in [-0.1, -0.05) is 24.6 Å². The minimum absolute atomic E-state index is 0.193. The highest BCUT2D eigenvalue weighted by Gasteiger charge is 2.34. The van der Waals surface area contributed by atoms with Gasteiger partial charge in [-0.15, -0.1) is 5.54 Å². The second kappa shape index (κ2) is 7.19. The molecule has 0 saturated carbocycles. The maximum Gasteiger partial charge on any atom is 0.339 e. The molecule has 0 aliphatic heterocycles. The zero-order chi connectivity index (χ0) is 15.2. The number of hydrogen-bond acceptors (Lipinski definition) is 4. The van der Waals surface area contributed by atoms with Crippen LogP contribution in [0.4, 0.5) is 4.39 Å². The van der Waals surface area contributed by atoms with Crippen LogP contribution < -0.4 is 5.73 Å². The van der Waals surface area contributed by atoms with E-state index >= 15 is 0 Å². The molecule has 0 aliphatic carbocycles. The molecule has 2 atom stereocenters. The van der Waals surface area contributed by atoms with Crippen molar-refractivity contribution in [2.75, 3.05) is 20.4 Å². The Morgan fingerprint density at radius 1 is 1.45 bits per heavy atom. The molecule has 4 nitrogen and oxygen atoms in total. The molecule has 0 aromatic heterocycles. The summed E-state index contributed by atoms with van der Waals surface area (Å²) in [5.74, 6) is 0.855. The second-order valence-electron chi connectivity index (χ2n) is 4.54. The van der Waals surface area contributed by atoms with E-state index in [1.807, 2.05) is 0 Å². The van der Waals surface area contributed by atoms with Gasteiger partial charge in [0, 0.05) is 12.7 Å². The third kappa shape index (κ3) is 3.90. The Hall–Kier alpha value is -1.68. The maximum atomic E-state index is 13.5. The first kappa shape index (κ1) is 16.4. The molecule has 0 bridgehead atoms. The minimum Gasteiger partial charge on any atom is -0.465 e. The molecule has 6 heteroatoms. The molecule has 0 spiro atoms. The van der Waals surface area contributed by atoms with Crippen LogP contribution in [-0.4, -0.2) is 40.4 Å². The van der Waals surface area contributed by atoms with Gasteiger partial charge in [-0.05, 0) is 12.1 Å². The van der Waals surface area contributed by atoms with E-state index in [1.54, 1.807) is 30.8 Å². The van der Waals surface area contributed by atoms with Crippen LogP contribution >= 0.6 is 0 Å². The second-order valence-corrected chi connectivity index (χ2v) is 8.46. The first-order chi connectivity index (χ1) is 9.44. The highest BCUT2D eigenvalue weighted by atomic mass is 28.3. The Morgan fingerprint density at radius 3 is 2.65 bits per heavy atom. The average Bonchev–Trinajstić information content (AvgIpc) is 2.44. The highest BCUT2D eigenvalue weighted by Crippen LogP contribution is 2.11. The summed E-state index contributed by atoms with van der Waals surface area (Å²) in [5.41, 5.74) is 9.10. The van der Waals surface area contributed by atoms with Crippen LogP contribution in [0.3, 0.4) is 0 Å². The molecule has 1 rings (SSSR count). The predicted molar refractivity (Wildman–Crippen MR) is 77.2 cm³/mol. The number of methoxy groups -OCH3 is 2. The van der Waals surface area contributed by atoms with Crippen molar-refractivity contribution >= 4 is 14.0 Å². The van der Waals surface area contributed by atoms with E-state index in [9.17, 15) is 9.18 Å². The van der Waals surface area contributed by atoms with Crippen LogP contribution in [0.5, 0.6) is 0 Å². The number of hydrogen-bond donors (Lipinski definition) is 1. The fourth-order valence-corrected chi connectivity index (χ4v) is 2.96. The maximum absolute atomic E-state index is 13.5. The summed E-state index contributed by atoms with van der Waals surface area (Å²) in [6.45, 7) is 1.70. The predicted octanol–water partition coefficient (Wildman–Crippen LogP) is 1.42. The SMILES string of the molecule is COC[Si](C)(C#Cc1ccccc1C(=O)OC)C(N)F. The first-order valence-electron chi connectivity index (χ1n) is 6.03. The molecular formula is C14H18FNO3Si. The number of benzene rings is 1. The fourth-order valence-electron chi connectivity index (χ4n) is 1.57. The van der Waals surface area contributed by atoms with Gasteiger partial charge in [0.05, 0.1) is 18.9 Å². The number of nitrogens with two attached hydrogens (primary N) is 1. The number of carbonyl (C=O) groups is 1. The largest absolute Gasteiger partial charge is 0.465 e. The Morgan fingerprint density at radius 2 is 2.10 bits per heavy atom. The van der Waals surface area contributed by atoms with Crippen molar-refractivity contribution in [1.82, 2.24) is 0 Å². The summed E-state index contributed by atoms with van der Waals surface area (Å²) in [5, 5.41) is 0. The smallest absolute Gasteiger partial charge is 0.339 e. The number of carbonyl (C=O) groups excluding carboxylic acids is 1. The topological polar surface area (TPSA) is 61.5 Å². The lowest BCUT2D eigenvalue weighted by Crippen LogP contribution is -2.51. The Bertz CT molecular complexity index is 539. The van der Waals surface area contributed by atoms with Gasteiger partial charge < -0.3 is 15.2 Å². The summed E-state index contributed by atoms with van der Waals surface area (Å²) in [4.78, 5) is 11.6. The van der Waals surface area contributed by atoms with Gasteiger partial charge in [0.2, 0.25) is 8.07 Å². The zero-order valence-electron chi connectivity index (χ0n) is 11.8. The molecule has 108 valence electrons. The molecule has 2 N–H and O–H groups in total. The van der Waals surface area contributed by atoms with Crippen molar-refractivity contribution in [1.29, 1.82) is 0 Å². The van der Waals surface area contributed by atoms with Crippen LogP contribution in [0.15, 0.2) is 24.3 Å². The van der Waals surface area contributed by atoms with E-state index in [0.717, 1.165) is 0 Å². The van der Waals surface area contributed by atoms with Crippen LogP contribution in [0.25, 0.3) is 0 Å². The van der Waals surface area contributed by atoms with Crippen LogP contribution in [0.1, 0.15) is 15.9 Å². The normalized spacial score (nSPS) is 14.7. The van der Waals surface area contributed by atoms with Crippen molar-refractivity contribution in [2.45, 2.75) is 12.5 Å². The highest BCUT2D eigenvalue weighted by molar-refractivity contribution is 6.87. The number of rotatable bonds is 4. The van der Waals surface area contributed by atoms with Crippen molar-refractivity contribution in [3.63, 3.8) is 0 Å². The van der Waals surface area contributed by atoms with E-state index in [0.29, 0.717) is 11.1 Å². The molecule has 1 aromatic carbocycles. The van der Waals surface area contributed by atoms with E-state index < -0.39 is 20.0 Å². The molecule has 0 fully saturated rings.